The number of rotatable bonds is 4. The SMILES string of the molecule is O=C(O)OS(c1ccccc1)(c1c(I)cc(I)cc1I)c1c(I)cc(I)cc1I. The number of hydrogen-bond donors (Lipinski definition) is 1. The Kier molecular flexibility index (Phi) is 9.35. The summed E-state index contributed by atoms with van der Waals surface area (Å²) in [6.45, 7) is 0. The van der Waals surface area contributed by atoms with Gasteiger partial charge in [-0.15, -0.1) is 0 Å². The first-order valence-electron chi connectivity index (χ1n) is 7.76. The molecule has 0 aliphatic rings. The average Bonchev–Trinajstić information content (AvgIpc) is 2.59. The summed E-state index contributed by atoms with van der Waals surface area (Å²) in [5.74, 6) is 0. The Morgan fingerprint density at radius 3 is 1.45 bits per heavy atom. The van der Waals surface area contributed by atoms with Gasteiger partial charge in [0.2, 0.25) is 0 Å². The molecule has 1 N–H and O–H groups in total. The number of hydrogen-bond acceptors (Lipinski definition) is 2. The highest BCUT2D eigenvalue weighted by atomic mass is 127. The van der Waals surface area contributed by atoms with Gasteiger partial charge in [-0.25, -0.2) is 4.79 Å². The van der Waals surface area contributed by atoms with E-state index in [-0.39, 0.29) is 0 Å². The van der Waals surface area contributed by atoms with E-state index in [1.165, 1.54) is 0 Å². The Morgan fingerprint density at radius 1 is 0.724 bits per heavy atom. The third-order valence-electron chi connectivity index (χ3n) is 3.77. The smallest absolute Gasteiger partial charge is 0.449 e. The van der Waals surface area contributed by atoms with Crippen LogP contribution >= 0.6 is 146 Å². The zero-order valence-electron chi connectivity index (χ0n) is 14.1. The van der Waals surface area contributed by atoms with Crippen LogP contribution in [-0.4, -0.2) is 11.3 Å². The van der Waals surface area contributed by atoms with Gasteiger partial charge < -0.3 is 9.29 Å². The van der Waals surface area contributed by atoms with Crippen LogP contribution in [-0.2, 0) is 4.18 Å². The standard InChI is InChI=1S/C19H10I6O3S/c20-10-6-13(22)17(14(23)7-10)29(28-19(26)27,12-4-2-1-3-5-12)18-15(24)8-11(21)9-16(18)25/h1-9H,(H,26,27). The van der Waals surface area contributed by atoms with E-state index in [0.717, 1.165) is 36.1 Å². The van der Waals surface area contributed by atoms with Crippen LogP contribution in [0.2, 0.25) is 0 Å². The van der Waals surface area contributed by atoms with Gasteiger partial charge >= 0.3 is 6.16 Å². The molecule has 0 heterocycles. The second-order valence-electron chi connectivity index (χ2n) is 5.62. The molecule has 10 heteroatoms. The van der Waals surface area contributed by atoms with E-state index >= 15 is 0 Å². The van der Waals surface area contributed by atoms with Gasteiger partial charge in [0.25, 0.3) is 0 Å². The Morgan fingerprint density at radius 2 is 1.10 bits per heavy atom. The van der Waals surface area contributed by atoms with Crippen molar-refractivity contribution in [1.82, 2.24) is 0 Å². The van der Waals surface area contributed by atoms with Crippen molar-refractivity contribution in [2.75, 3.05) is 0 Å². The van der Waals surface area contributed by atoms with Crippen molar-refractivity contribution in [1.29, 1.82) is 0 Å². The molecule has 0 spiro atoms. The maximum Gasteiger partial charge on any atom is 0.517 e. The Balaban J connectivity index is 2.56. The highest BCUT2D eigenvalue weighted by Gasteiger charge is 2.42. The fraction of sp³-hybridized carbons (Fsp3) is 0. The van der Waals surface area contributed by atoms with Gasteiger partial charge in [-0.2, -0.15) is 0 Å². The largest absolute Gasteiger partial charge is 0.517 e. The first-order valence-corrected chi connectivity index (χ1v) is 15.8. The molecule has 0 aromatic heterocycles. The van der Waals surface area contributed by atoms with Crippen molar-refractivity contribution < 1.29 is 14.1 Å². The molecule has 3 rings (SSSR count). The van der Waals surface area contributed by atoms with Crippen molar-refractivity contribution >= 4 is 152 Å². The Labute approximate surface area is 252 Å². The predicted molar refractivity (Wildman–Crippen MR) is 167 cm³/mol. The third-order valence-corrected chi connectivity index (χ3v) is 13.2. The van der Waals surface area contributed by atoms with E-state index in [2.05, 4.69) is 160 Å². The summed E-state index contributed by atoms with van der Waals surface area (Å²) in [7, 11) is -2.52. The molecular formula is C19H10I6O3S. The van der Waals surface area contributed by atoms with Crippen LogP contribution in [0, 0.1) is 21.4 Å². The molecule has 29 heavy (non-hydrogen) atoms. The molecule has 0 atom stereocenters. The second-order valence-corrected chi connectivity index (χ2v) is 15.3. The van der Waals surface area contributed by atoms with Crippen LogP contribution in [0.25, 0.3) is 0 Å². The molecular weight excluding hydrogens is 1070 g/mol. The van der Waals surface area contributed by atoms with Gasteiger partial charge in [0.05, 0.1) is 9.79 Å². The summed E-state index contributed by atoms with van der Waals surface area (Å²) >= 11 is 13.8. The summed E-state index contributed by atoms with van der Waals surface area (Å²) < 4.78 is 12.1. The molecule has 0 saturated carbocycles. The lowest BCUT2D eigenvalue weighted by Crippen LogP contribution is -2.16. The third kappa shape index (κ3) is 5.43. The number of halogens is 6. The maximum absolute atomic E-state index is 12.1. The molecule has 0 unspecified atom stereocenters. The molecule has 3 nitrogen and oxygen atoms in total. The fourth-order valence-electron chi connectivity index (χ4n) is 2.80. The zero-order chi connectivity index (χ0) is 21.3. The van der Waals surface area contributed by atoms with Crippen molar-refractivity contribution in [2.45, 2.75) is 14.7 Å². The van der Waals surface area contributed by atoms with E-state index in [9.17, 15) is 9.90 Å². The highest BCUT2D eigenvalue weighted by molar-refractivity contribution is 14.1. The molecule has 0 saturated heterocycles. The van der Waals surface area contributed by atoms with Crippen molar-refractivity contribution in [3.63, 3.8) is 0 Å². The second kappa shape index (κ2) is 10.7. The van der Waals surface area contributed by atoms with Crippen LogP contribution in [0.1, 0.15) is 0 Å². The summed E-state index contributed by atoms with van der Waals surface area (Å²) in [5.41, 5.74) is 0. The predicted octanol–water partition coefficient (Wildman–Crippen LogP) is 9.21. The minimum Gasteiger partial charge on any atom is -0.449 e. The number of benzene rings is 3. The molecule has 3 aromatic carbocycles. The lowest BCUT2D eigenvalue weighted by atomic mass is 10.4. The maximum atomic E-state index is 12.1. The topological polar surface area (TPSA) is 46.5 Å². The molecule has 3 aromatic rings. The van der Waals surface area contributed by atoms with Crippen LogP contribution in [0.5, 0.6) is 0 Å². The van der Waals surface area contributed by atoms with Crippen LogP contribution in [0.3, 0.4) is 0 Å². The summed E-state index contributed by atoms with van der Waals surface area (Å²) in [4.78, 5) is 14.8. The van der Waals surface area contributed by atoms with Gasteiger partial charge in [0.1, 0.15) is 0 Å². The van der Waals surface area contributed by atoms with Crippen molar-refractivity contribution in [3.05, 3.63) is 76.0 Å². The molecule has 0 fully saturated rings. The minimum atomic E-state index is -2.52. The van der Waals surface area contributed by atoms with Gasteiger partial charge in [-0.1, -0.05) is 18.2 Å². The molecule has 0 aliphatic carbocycles. The molecule has 0 radical (unpaired) electrons. The summed E-state index contributed by atoms with van der Waals surface area (Å²) in [5, 5.41) is 9.89. The molecule has 152 valence electrons. The first kappa shape index (κ1) is 25.3. The number of carbonyl (C=O) groups is 1. The quantitative estimate of drug-likeness (QED) is 0.266. The number of carboxylic acid groups (broad SMARTS) is 1. The monoisotopic (exact) mass is 1080 g/mol. The normalized spacial score (nSPS) is 11.9. The average molecular weight is 1080 g/mol. The minimum absolute atomic E-state index is 0.858. The van der Waals surface area contributed by atoms with E-state index in [0.29, 0.717) is 0 Å². The Hall–Kier alpha value is 1.66. The molecule has 0 aliphatic heterocycles. The molecule has 0 bridgehead atoms. The first-order chi connectivity index (χ1) is 13.7. The van der Waals surface area contributed by atoms with Gasteiger partial charge in [-0.3, -0.25) is 0 Å². The lowest BCUT2D eigenvalue weighted by molar-refractivity contribution is 0.150. The van der Waals surface area contributed by atoms with Gasteiger partial charge in [0, 0.05) is 36.6 Å². The van der Waals surface area contributed by atoms with Crippen LogP contribution < -0.4 is 0 Å². The summed E-state index contributed by atoms with van der Waals surface area (Å²) in [6, 6.07) is 18.0. The Bertz CT molecular complexity index is 987. The molecule has 0 amide bonds. The lowest BCUT2D eigenvalue weighted by Gasteiger charge is -2.41. The summed E-state index contributed by atoms with van der Waals surface area (Å²) in [6.07, 6.45) is -1.28. The fourth-order valence-corrected chi connectivity index (χ4v) is 16.7. The zero-order valence-corrected chi connectivity index (χ0v) is 27.9. The van der Waals surface area contributed by atoms with E-state index in [1.807, 2.05) is 30.3 Å². The highest BCUT2D eigenvalue weighted by Crippen LogP contribution is 2.72. The van der Waals surface area contributed by atoms with E-state index < -0.39 is 16.5 Å². The van der Waals surface area contributed by atoms with Crippen LogP contribution in [0.15, 0.2) is 69.3 Å². The van der Waals surface area contributed by atoms with Gasteiger partial charge in [0.15, 0.2) is 0 Å². The van der Waals surface area contributed by atoms with Crippen molar-refractivity contribution in [2.24, 2.45) is 0 Å². The van der Waals surface area contributed by atoms with E-state index in [4.69, 9.17) is 4.18 Å². The van der Waals surface area contributed by atoms with Crippen molar-refractivity contribution in [3.8, 4) is 0 Å². The van der Waals surface area contributed by atoms with Gasteiger partial charge in [-0.05, 0) is 172 Å². The van der Waals surface area contributed by atoms with Crippen LogP contribution in [0.4, 0.5) is 4.79 Å². The van der Waals surface area contributed by atoms with E-state index in [1.54, 1.807) is 0 Å².